The molecule has 0 bridgehead atoms. The number of fused-ring (bicyclic) bond motifs is 1. The van der Waals surface area contributed by atoms with Crippen molar-refractivity contribution in [2.24, 2.45) is 5.10 Å². The fourth-order valence-electron chi connectivity index (χ4n) is 3.75. The topological polar surface area (TPSA) is 47.1 Å². The molecule has 1 N–H and O–H groups in total. The minimum atomic E-state index is 0.730. The number of anilines is 1. The lowest BCUT2D eigenvalue weighted by molar-refractivity contribution is 0.791. The fraction of sp³-hybridized carbons (Fsp3) is 0.217. The van der Waals surface area contributed by atoms with Crippen molar-refractivity contribution in [3.63, 3.8) is 0 Å². The molecule has 4 aromatic rings. The predicted molar refractivity (Wildman–Crippen MR) is 122 cm³/mol. The van der Waals surface area contributed by atoms with Crippen LogP contribution in [0.3, 0.4) is 0 Å². The van der Waals surface area contributed by atoms with E-state index in [2.05, 4.69) is 64.5 Å². The quantitative estimate of drug-likeness (QED) is 0.333. The largest absolute Gasteiger partial charge is 0.318 e. The van der Waals surface area contributed by atoms with Gasteiger partial charge in [-0.25, -0.2) is 10.4 Å². The van der Waals surface area contributed by atoms with Crippen LogP contribution in [0.2, 0.25) is 5.02 Å². The van der Waals surface area contributed by atoms with E-state index in [4.69, 9.17) is 11.6 Å². The lowest BCUT2D eigenvalue weighted by atomic mass is 10.2. The normalized spacial score (nSPS) is 11.6. The molecule has 0 spiro atoms. The molecule has 6 heteroatoms. The zero-order chi connectivity index (χ0) is 20.5. The van der Waals surface area contributed by atoms with E-state index in [0.717, 1.165) is 51.2 Å². The van der Waals surface area contributed by atoms with Gasteiger partial charge < -0.3 is 9.13 Å². The first-order chi connectivity index (χ1) is 14.0. The van der Waals surface area contributed by atoms with Gasteiger partial charge in [-0.15, -0.1) is 0 Å². The summed E-state index contributed by atoms with van der Waals surface area (Å²) in [5.41, 5.74) is 10.7. The van der Waals surface area contributed by atoms with Crippen LogP contribution in [0.15, 0.2) is 53.6 Å². The number of aryl methyl sites for hydroxylation is 3. The summed E-state index contributed by atoms with van der Waals surface area (Å²) in [4.78, 5) is 4.65. The number of aromatic nitrogens is 3. The summed E-state index contributed by atoms with van der Waals surface area (Å²) in [6.45, 7) is 9.20. The number of para-hydroxylation sites is 2. The highest BCUT2D eigenvalue weighted by Gasteiger charge is 2.12. The first kappa shape index (κ1) is 19.3. The average molecular weight is 406 g/mol. The summed E-state index contributed by atoms with van der Waals surface area (Å²) in [5.74, 6) is 0.740. The molecule has 148 valence electrons. The van der Waals surface area contributed by atoms with Gasteiger partial charge in [0.2, 0.25) is 5.95 Å². The summed E-state index contributed by atoms with van der Waals surface area (Å²) in [5, 5.41) is 5.20. The van der Waals surface area contributed by atoms with Crippen molar-refractivity contribution in [2.45, 2.75) is 34.2 Å². The minimum Gasteiger partial charge on any atom is -0.318 e. The molecule has 0 aliphatic carbocycles. The zero-order valence-corrected chi connectivity index (χ0v) is 17.8. The van der Waals surface area contributed by atoms with Crippen LogP contribution in [0.4, 0.5) is 5.95 Å². The lowest BCUT2D eigenvalue weighted by Gasteiger charge is -2.13. The number of hydrogen-bond donors (Lipinski definition) is 1. The lowest BCUT2D eigenvalue weighted by Crippen LogP contribution is -2.03. The van der Waals surface area contributed by atoms with Crippen LogP contribution in [0.5, 0.6) is 0 Å². The number of nitrogens with one attached hydrogen (secondary N) is 1. The predicted octanol–water partition coefficient (Wildman–Crippen LogP) is 5.87. The average Bonchev–Trinajstić information content (AvgIpc) is 3.20. The highest BCUT2D eigenvalue weighted by molar-refractivity contribution is 6.30. The maximum Gasteiger partial charge on any atom is 0.224 e. The molecule has 0 fully saturated rings. The number of hydrazone groups is 1. The van der Waals surface area contributed by atoms with E-state index in [-0.39, 0.29) is 0 Å². The molecule has 0 saturated heterocycles. The Morgan fingerprint density at radius 1 is 1.10 bits per heavy atom. The van der Waals surface area contributed by atoms with Gasteiger partial charge in [0, 0.05) is 34.2 Å². The van der Waals surface area contributed by atoms with Crippen LogP contribution in [-0.4, -0.2) is 20.3 Å². The van der Waals surface area contributed by atoms with Gasteiger partial charge in [-0.3, -0.25) is 0 Å². The molecule has 2 aromatic heterocycles. The van der Waals surface area contributed by atoms with Crippen LogP contribution in [0.25, 0.3) is 16.7 Å². The van der Waals surface area contributed by atoms with Crippen LogP contribution in [0, 0.1) is 20.8 Å². The molecule has 4 rings (SSSR count). The van der Waals surface area contributed by atoms with Crippen molar-refractivity contribution >= 4 is 34.8 Å². The standard InChI is InChI=1S/C23H24ClN5/c1-5-28-21-9-7-6-8-20(21)26-23(28)27-25-14-18-12-16(3)29(17(18)4)22-13-19(24)11-10-15(22)2/h6-14H,5H2,1-4H3,(H,26,27)/b25-14-. The van der Waals surface area contributed by atoms with Gasteiger partial charge in [0.1, 0.15) is 0 Å². The molecule has 0 radical (unpaired) electrons. The van der Waals surface area contributed by atoms with Gasteiger partial charge in [-0.05, 0) is 63.6 Å². The summed E-state index contributed by atoms with van der Waals surface area (Å²) >= 11 is 6.23. The summed E-state index contributed by atoms with van der Waals surface area (Å²) in [7, 11) is 0. The molecule has 0 unspecified atom stereocenters. The minimum absolute atomic E-state index is 0.730. The second-order valence-corrected chi connectivity index (χ2v) is 7.57. The second kappa shape index (κ2) is 7.76. The Kier molecular flexibility index (Phi) is 5.16. The highest BCUT2D eigenvalue weighted by Crippen LogP contribution is 2.25. The summed E-state index contributed by atoms with van der Waals surface area (Å²) < 4.78 is 4.33. The van der Waals surface area contributed by atoms with Crippen molar-refractivity contribution < 1.29 is 0 Å². The van der Waals surface area contributed by atoms with Gasteiger partial charge >= 0.3 is 0 Å². The van der Waals surface area contributed by atoms with E-state index in [1.807, 2.05) is 42.6 Å². The molecule has 0 atom stereocenters. The number of hydrogen-bond acceptors (Lipinski definition) is 3. The summed E-state index contributed by atoms with van der Waals surface area (Å²) in [6, 6.07) is 16.2. The Morgan fingerprint density at radius 2 is 1.90 bits per heavy atom. The molecule has 0 saturated carbocycles. The van der Waals surface area contributed by atoms with Crippen molar-refractivity contribution in [3.05, 3.63) is 76.1 Å². The van der Waals surface area contributed by atoms with Crippen molar-refractivity contribution in [1.82, 2.24) is 14.1 Å². The monoisotopic (exact) mass is 405 g/mol. The Bertz CT molecular complexity index is 1220. The first-order valence-electron chi connectivity index (χ1n) is 9.69. The third-order valence-electron chi connectivity index (χ3n) is 5.22. The molecular weight excluding hydrogens is 382 g/mol. The molecule has 29 heavy (non-hydrogen) atoms. The fourth-order valence-corrected chi connectivity index (χ4v) is 3.92. The van der Waals surface area contributed by atoms with Crippen molar-refractivity contribution in [1.29, 1.82) is 0 Å². The zero-order valence-electron chi connectivity index (χ0n) is 17.1. The van der Waals surface area contributed by atoms with Gasteiger partial charge in [-0.1, -0.05) is 29.8 Å². The Balaban J connectivity index is 1.64. The third kappa shape index (κ3) is 3.54. The van der Waals surface area contributed by atoms with E-state index < -0.39 is 0 Å². The second-order valence-electron chi connectivity index (χ2n) is 7.13. The molecule has 0 amide bonds. The van der Waals surface area contributed by atoms with E-state index >= 15 is 0 Å². The van der Waals surface area contributed by atoms with Crippen LogP contribution >= 0.6 is 11.6 Å². The molecule has 0 aliphatic heterocycles. The first-order valence-corrected chi connectivity index (χ1v) is 10.1. The van der Waals surface area contributed by atoms with Crippen LogP contribution in [0.1, 0.15) is 29.4 Å². The molecule has 2 aromatic carbocycles. The van der Waals surface area contributed by atoms with Gasteiger partial charge in [0.25, 0.3) is 0 Å². The highest BCUT2D eigenvalue weighted by atomic mass is 35.5. The van der Waals surface area contributed by atoms with E-state index in [1.54, 1.807) is 0 Å². The van der Waals surface area contributed by atoms with E-state index in [0.29, 0.717) is 0 Å². The number of halogens is 1. The number of benzene rings is 2. The molecular formula is C23H24ClN5. The van der Waals surface area contributed by atoms with E-state index in [1.165, 1.54) is 5.56 Å². The maximum atomic E-state index is 6.23. The van der Waals surface area contributed by atoms with Crippen LogP contribution < -0.4 is 5.43 Å². The Hall–Kier alpha value is -3.05. The molecule has 5 nitrogen and oxygen atoms in total. The number of imidazole rings is 1. The van der Waals surface area contributed by atoms with Gasteiger partial charge in [-0.2, -0.15) is 5.10 Å². The molecule has 0 aliphatic rings. The van der Waals surface area contributed by atoms with Crippen molar-refractivity contribution in [2.75, 3.05) is 5.43 Å². The Labute approximate surface area is 175 Å². The third-order valence-corrected chi connectivity index (χ3v) is 5.46. The number of nitrogens with zero attached hydrogens (tertiary/aromatic N) is 4. The SMILES string of the molecule is CCn1c(N/N=C\c2cc(C)n(-c3cc(Cl)ccc3C)c2C)nc2ccccc21. The summed E-state index contributed by atoms with van der Waals surface area (Å²) in [6.07, 6.45) is 1.85. The van der Waals surface area contributed by atoms with Crippen LogP contribution in [-0.2, 0) is 6.54 Å². The van der Waals surface area contributed by atoms with Gasteiger partial charge in [0.05, 0.1) is 17.2 Å². The maximum absolute atomic E-state index is 6.23. The van der Waals surface area contributed by atoms with Crippen molar-refractivity contribution in [3.8, 4) is 5.69 Å². The van der Waals surface area contributed by atoms with Gasteiger partial charge in [0.15, 0.2) is 0 Å². The number of rotatable bonds is 5. The molecule has 2 heterocycles. The van der Waals surface area contributed by atoms with E-state index in [9.17, 15) is 0 Å². The smallest absolute Gasteiger partial charge is 0.224 e. The Morgan fingerprint density at radius 3 is 2.69 bits per heavy atom.